The van der Waals surface area contributed by atoms with Crippen molar-refractivity contribution in [3.8, 4) is 11.8 Å². The van der Waals surface area contributed by atoms with Gasteiger partial charge in [-0.1, -0.05) is 0 Å². The molecule has 0 spiro atoms. The molecule has 1 N–H and O–H groups in total. The van der Waals surface area contributed by atoms with Crippen LogP contribution in [0.4, 0.5) is 8.78 Å². The van der Waals surface area contributed by atoms with E-state index in [0.29, 0.717) is 0 Å². The van der Waals surface area contributed by atoms with Crippen LogP contribution in [0.5, 0.6) is 5.75 Å². The molecule has 0 bridgehead atoms. The smallest absolute Gasteiger partial charge is 0.280 e. The number of methoxy groups -OCH3 is 1. The van der Waals surface area contributed by atoms with E-state index in [4.69, 9.17) is 15.1 Å². The third-order valence-electron chi connectivity index (χ3n) is 1.80. The fourth-order valence-electron chi connectivity index (χ4n) is 1.10. The zero-order chi connectivity index (χ0) is 11.4. The molecule has 0 aromatic carbocycles. The van der Waals surface area contributed by atoms with E-state index in [2.05, 4.69) is 4.98 Å². The number of aliphatic hydroxyl groups is 1. The maximum Gasteiger partial charge on any atom is 0.280 e. The maximum atomic E-state index is 12.4. The van der Waals surface area contributed by atoms with Crippen molar-refractivity contribution in [1.82, 2.24) is 4.98 Å². The first-order valence-electron chi connectivity index (χ1n) is 4.01. The van der Waals surface area contributed by atoms with Crippen molar-refractivity contribution in [1.29, 1.82) is 5.26 Å². The zero-order valence-corrected chi connectivity index (χ0v) is 7.87. The second kappa shape index (κ2) is 4.66. The van der Waals surface area contributed by atoms with Gasteiger partial charge in [-0.2, -0.15) is 5.26 Å². The van der Waals surface area contributed by atoms with Crippen molar-refractivity contribution in [2.45, 2.75) is 13.0 Å². The highest BCUT2D eigenvalue weighted by atomic mass is 19.3. The average molecular weight is 214 g/mol. The Morgan fingerprint density at radius 2 is 2.33 bits per heavy atom. The molecule has 0 unspecified atom stereocenters. The molecule has 0 aliphatic heterocycles. The van der Waals surface area contributed by atoms with Gasteiger partial charge in [0.15, 0.2) is 11.4 Å². The molecule has 0 fully saturated rings. The standard InChI is InChI=1S/C9H8F2N2O2/c1-15-7-2-5(4-14)8(9(10)11)13-6(7)3-12/h2,9,14H,4H2,1H3. The van der Waals surface area contributed by atoms with Crippen LogP contribution < -0.4 is 4.74 Å². The lowest BCUT2D eigenvalue weighted by Gasteiger charge is -2.09. The summed E-state index contributed by atoms with van der Waals surface area (Å²) in [6.07, 6.45) is -2.83. The lowest BCUT2D eigenvalue weighted by Crippen LogP contribution is -2.03. The molecule has 0 aliphatic carbocycles. The number of hydrogen-bond donors (Lipinski definition) is 1. The molecule has 0 aliphatic rings. The summed E-state index contributed by atoms with van der Waals surface area (Å²) in [5.41, 5.74) is -0.847. The molecule has 1 aromatic rings. The van der Waals surface area contributed by atoms with E-state index in [9.17, 15) is 8.78 Å². The van der Waals surface area contributed by atoms with Crippen LogP contribution in [0.25, 0.3) is 0 Å². The number of nitriles is 1. The number of alkyl halides is 2. The molecule has 0 atom stereocenters. The Kier molecular flexibility index (Phi) is 3.52. The van der Waals surface area contributed by atoms with Gasteiger partial charge in [0.05, 0.1) is 13.7 Å². The van der Waals surface area contributed by atoms with Crippen molar-refractivity contribution in [3.63, 3.8) is 0 Å². The molecule has 0 radical (unpaired) electrons. The summed E-state index contributed by atoms with van der Waals surface area (Å²) < 4.78 is 29.7. The maximum absolute atomic E-state index is 12.4. The third-order valence-corrected chi connectivity index (χ3v) is 1.80. The summed E-state index contributed by atoms with van der Waals surface area (Å²) >= 11 is 0. The van der Waals surface area contributed by atoms with E-state index in [-0.39, 0.29) is 17.0 Å². The van der Waals surface area contributed by atoms with Gasteiger partial charge in [0, 0.05) is 5.56 Å². The average Bonchev–Trinajstić information content (AvgIpc) is 2.26. The molecule has 1 heterocycles. The van der Waals surface area contributed by atoms with E-state index in [1.807, 2.05) is 0 Å². The zero-order valence-electron chi connectivity index (χ0n) is 7.87. The van der Waals surface area contributed by atoms with Crippen molar-refractivity contribution < 1.29 is 18.6 Å². The Bertz CT molecular complexity index is 402. The predicted molar refractivity (Wildman–Crippen MR) is 46.4 cm³/mol. The predicted octanol–water partition coefficient (Wildman–Crippen LogP) is 1.39. The number of ether oxygens (including phenoxy) is 1. The number of rotatable bonds is 3. The molecule has 1 rings (SSSR count). The number of halogens is 2. The molecule has 0 saturated carbocycles. The van der Waals surface area contributed by atoms with Gasteiger partial charge in [-0.15, -0.1) is 0 Å². The van der Waals surface area contributed by atoms with Gasteiger partial charge in [0.1, 0.15) is 11.8 Å². The molecule has 6 heteroatoms. The summed E-state index contributed by atoms with van der Waals surface area (Å²) in [6.45, 7) is -0.575. The van der Waals surface area contributed by atoms with Gasteiger partial charge in [-0.05, 0) is 6.07 Å². The lowest BCUT2D eigenvalue weighted by atomic mass is 10.1. The van der Waals surface area contributed by atoms with Crippen LogP contribution in [0.15, 0.2) is 6.07 Å². The number of hydrogen-bond acceptors (Lipinski definition) is 4. The largest absolute Gasteiger partial charge is 0.494 e. The minimum atomic E-state index is -2.83. The van der Waals surface area contributed by atoms with E-state index in [0.717, 1.165) is 0 Å². The monoisotopic (exact) mass is 214 g/mol. The first-order valence-corrected chi connectivity index (χ1v) is 4.01. The fraction of sp³-hybridized carbons (Fsp3) is 0.333. The minimum absolute atomic E-state index is 0.0409. The molecule has 0 amide bonds. The van der Waals surface area contributed by atoms with E-state index in [1.165, 1.54) is 13.2 Å². The molecular formula is C9H8F2N2O2. The highest BCUT2D eigenvalue weighted by Gasteiger charge is 2.18. The molecule has 80 valence electrons. The van der Waals surface area contributed by atoms with Gasteiger partial charge in [-0.25, -0.2) is 13.8 Å². The molecule has 1 aromatic heterocycles. The van der Waals surface area contributed by atoms with Crippen molar-refractivity contribution in [3.05, 3.63) is 23.0 Å². The molecular weight excluding hydrogens is 206 g/mol. The number of aliphatic hydroxyl groups excluding tert-OH is 1. The van der Waals surface area contributed by atoms with Crippen molar-refractivity contribution in [2.75, 3.05) is 7.11 Å². The van der Waals surface area contributed by atoms with E-state index in [1.54, 1.807) is 6.07 Å². The minimum Gasteiger partial charge on any atom is -0.494 e. The highest BCUT2D eigenvalue weighted by molar-refractivity contribution is 5.42. The number of aromatic nitrogens is 1. The van der Waals surface area contributed by atoms with Crippen LogP contribution in [-0.4, -0.2) is 17.2 Å². The lowest BCUT2D eigenvalue weighted by molar-refractivity contribution is 0.141. The topological polar surface area (TPSA) is 66.1 Å². The Morgan fingerprint density at radius 3 is 2.73 bits per heavy atom. The first kappa shape index (κ1) is 11.3. The van der Waals surface area contributed by atoms with Crippen molar-refractivity contribution >= 4 is 0 Å². The van der Waals surface area contributed by atoms with Gasteiger partial charge in [0.2, 0.25) is 0 Å². The Morgan fingerprint density at radius 1 is 1.67 bits per heavy atom. The summed E-state index contributed by atoms with van der Waals surface area (Å²) in [5, 5.41) is 17.5. The highest BCUT2D eigenvalue weighted by Crippen LogP contribution is 2.26. The van der Waals surface area contributed by atoms with Gasteiger partial charge < -0.3 is 9.84 Å². The second-order valence-corrected chi connectivity index (χ2v) is 2.65. The van der Waals surface area contributed by atoms with Crippen LogP contribution in [0.3, 0.4) is 0 Å². The van der Waals surface area contributed by atoms with E-state index >= 15 is 0 Å². The second-order valence-electron chi connectivity index (χ2n) is 2.65. The van der Waals surface area contributed by atoms with Crippen molar-refractivity contribution in [2.24, 2.45) is 0 Å². The Balaban J connectivity index is 3.36. The Labute approximate surface area is 84.7 Å². The molecule has 15 heavy (non-hydrogen) atoms. The summed E-state index contributed by atoms with van der Waals surface area (Å²) in [5.74, 6) is 0.0750. The summed E-state index contributed by atoms with van der Waals surface area (Å²) in [7, 11) is 1.29. The molecule has 0 saturated heterocycles. The van der Waals surface area contributed by atoms with Crippen LogP contribution in [0.2, 0.25) is 0 Å². The van der Waals surface area contributed by atoms with Gasteiger partial charge in [-0.3, -0.25) is 0 Å². The summed E-state index contributed by atoms with van der Waals surface area (Å²) in [4.78, 5) is 3.44. The SMILES string of the molecule is COc1cc(CO)c(C(F)F)nc1C#N. The van der Waals surface area contributed by atoms with Crippen LogP contribution >= 0.6 is 0 Å². The van der Waals surface area contributed by atoms with Crippen LogP contribution in [-0.2, 0) is 6.61 Å². The van der Waals surface area contributed by atoms with Crippen LogP contribution in [0, 0.1) is 11.3 Å². The van der Waals surface area contributed by atoms with Gasteiger partial charge >= 0.3 is 0 Å². The van der Waals surface area contributed by atoms with Gasteiger partial charge in [0.25, 0.3) is 6.43 Å². The third kappa shape index (κ3) is 2.19. The number of nitrogens with zero attached hydrogens (tertiary/aromatic N) is 2. The van der Waals surface area contributed by atoms with E-state index < -0.39 is 18.7 Å². The normalized spacial score (nSPS) is 10.1. The number of pyridine rings is 1. The summed E-state index contributed by atoms with van der Waals surface area (Å²) in [6, 6.07) is 2.83. The van der Waals surface area contributed by atoms with Crippen LogP contribution in [0.1, 0.15) is 23.4 Å². The Hall–Kier alpha value is -1.74. The molecule has 4 nitrogen and oxygen atoms in total. The fourth-order valence-corrected chi connectivity index (χ4v) is 1.10. The quantitative estimate of drug-likeness (QED) is 0.825. The first-order chi connectivity index (χ1) is 7.13.